The lowest BCUT2D eigenvalue weighted by Crippen LogP contribution is -2.63. The highest BCUT2D eigenvalue weighted by Gasteiger charge is 2.79. The Morgan fingerprint density at radius 2 is 1.74 bits per heavy atom. The number of nitrogens with one attached hydrogen (secondary N) is 1. The van der Waals surface area contributed by atoms with Gasteiger partial charge in [-0.3, -0.25) is 5.41 Å². The fourth-order valence-electron chi connectivity index (χ4n) is 4.79. The van der Waals surface area contributed by atoms with Gasteiger partial charge in [-0.1, -0.05) is 44.2 Å². The molecule has 0 radical (unpaired) electrons. The van der Waals surface area contributed by atoms with E-state index in [1.165, 1.54) is 0 Å². The van der Waals surface area contributed by atoms with Crippen molar-refractivity contribution in [2.45, 2.75) is 51.4 Å². The largest absolute Gasteiger partial charge is 0.447 e. The third-order valence-corrected chi connectivity index (χ3v) is 5.93. The number of nitriles is 3. The minimum atomic E-state index is -1.82. The minimum absolute atomic E-state index is 0.296. The van der Waals surface area contributed by atoms with Gasteiger partial charge in [0.05, 0.1) is 24.1 Å². The normalized spacial score (nSPS) is 33.4. The van der Waals surface area contributed by atoms with Gasteiger partial charge in [0.15, 0.2) is 10.8 Å². The molecule has 2 saturated heterocycles. The van der Waals surface area contributed by atoms with E-state index >= 15 is 0 Å². The SMILES string of the molecule is CCCC12OC(=N)C(C#N)(C1CC)C(C#N)(C#N)C(Cc1ccccc1)O2. The molecule has 2 bridgehead atoms. The molecule has 0 saturated carbocycles. The van der Waals surface area contributed by atoms with Gasteiger partial charge in [-0.25, -0.2) is 0 Å². The molecular weight excluding hydrogens is 340 g/mol. The fraction of sp³-hybridized carbons (Fsp3) is 0.524. The van der Waals surface area contributed by atoms with Crippen molar-refractivity contribution in [1.82, 2.24) is 0 Å². The summed E-state index contributed by atoms with van der Waals surface area (Å²) < 4.78 is 12.2. The molecule has 0 aliphatic carbocycles. The van der Waals surface area contributed by atoms with Crippen LogP contribution in [0.2, 0.25) is 0 Å². The maximum atomic E-state index is 10.2. The molecule has 4 unspecified atom stereocenters. The molecule has 2 aliphatic heterocycles. The monoisotopic (exact) mass is 362 g/mol. The third-order valence-electron chi connectivity index (χ3n) is 5.93. The molecule has 0 aromatic heterocycles. The minimum Gasteiger partial charge on any atom is -0.447 e. The van der Waals surface area contributed by atoms with Crippen molar-refractivity contribution in [3.63, 3.8) is 0 Å². The first kappa shape index (κ1) is 18.9. The maximum absolute atomic E-state index is 10.2. The summed E-state index contributed by atoms with van der Waals surface area (Å²) in [6.07, 6.45) is 1.13. The number of nitrogens with zero attached hydrogens (tertiary/aromatic N) is 3. The summed E-state index contributed by atoms with van der Waals surface area (Å²) in [5.41, 5.74) is -2.56. The molecule has 2 heterocycles. The van der Waals surface area contributed by atoms with Gasteiger partial charge in [-0.05, 0) is 18.4 Å². The highest BCUT2D eigenvalue weighted by atomic mass is 16.7. The molecule has 1 aromatic rings. The summed E-state index contributed by atoms with van der Waals surface area (Å²) >= 11 is 0. The van der Waals surface area contributed by atoms with Crippen molar-refractivity contribution >= 4 is 5.90 Å². The Labute approximate surface area is 159 Å². The molecule has 0 amide bonds. The lowest BCUT2D eigenvalue weighted by atomic mass is 9.53. The second-order valence-corrected chi connectivity index (χ2v) is 7.20. The fourth-order valence-corrected chi connectivity index (χ4v) is 4.79. The molecule has 27 heavy (non-hydrogen) atoms. The zero-order valence-electron chi connectivity index (χ0n) is 15.5. The van der Waals surface area contributed by atoms with Crippen LogP contribution in [0.5, 0.6) is 0 Å². The number of fused-ring (bicyclic) bond motifs is 2. The number of hydrogen-bond acceptors (Lipinski definition) is 6. The van der Waals surface area contributed by atoms with Gasteiger partial charge in [0.2, 0.25) is 11.7 Å². The van der Waals surface area contributed by atoms with E-state index in [9.17, 15) is 15.8 Å². The van der Waals surface area contributed by atoms with Crippen LogP contribution in [-0.2, 0) is 15.9 Å². The molecule has 1 N–H and O–H groups in total. The van der Waals surface area contributed by atoms with E-state index in [2.05, 4.69) is 18.2 Å². The van der Waals surface area contributed by atoms with E-state index in [1.54, 1.807) is 0 Å². The zero-order valence-corrected chi connectivity index (χ0v) is 15.5. The van der Waals surface area contributed by atoms with Crippen molar-refractivity contribution in [2.24, 2.45) is 16.7 Å². The van der Waals surface area contributed by atoms with E-state index in [-0.39, 0.29) is 5.90 Å². The smallest absolute Gasteiger partial charge is 0.217 e. The quantitative estimate of drug-likeness (QED) is 0.858. The molecule has 138 valence electrons. The maximum Gasteiger partial charge on any atom is 0.217 e. The number of ether oxygens (including phenoxy) is 2. The molecule has 3 rings (SSSR count). The van der Waals surface area contributed by atoms with E-state index in [0.29, 0.717) is 19.3 Å². The van der Waals surface area contributed by atoms with Crippen LogP contribution in [0.1, 0.15) is 38.7 Å². The Morgan fingerprint density at radius 1 is 1.07 bits per heavy atom. The summed E-state index contributed by atoms with van der Waals surface area (Å²) in [4.78, 5) is 0. The Morgan fingerprint density at radius 3 is 2.26 bits per heavy atom. The molecule has 4 atom stereocenters. The molecular formula is C21H22N4O2. The van der Waals surface area contributed by atoms with Gasteiger partial charge >= 0.3 is 0 Å². The highest BCUT2D eigenvalue weighted by Crippen LogP contribution is 2.64. The van der Waals surface area contributed by atoms with E-state index in [4.69, 9.17) is 14.9 Å². The topological polar surface area (TPSA) is 114 Å². The van der Waals surface area contributed by atoms with Gasteiger partial charge in [0.25, 0.3) is 0 Å². The lowest BCUT2D eigenvalue weighted by molar-refractivity contribution is -0.282. The summed E-state index contributed by atoms with van der Waals surface area (Å²) in [6, 6.07) is 15.8. The van der Waals surface area contributed by atoms with Crippen LogP contribution in [0.4, 0.5) is 0 Å². The Bertz CT molecular complexity index is 849. The van der Waals surface area contributed by atoms with Gasteiger partial charge in [-0.15, -0.1) is 0 Å². The molecule has 2 aliphatic rings. The average Bonchev–Trinajstić information content (AvgIpc) is 2.87. The van der Waals surface area contributed by atoms with Crippen LogP contribution >= 0.6 is 0 Å². The second kappa shape index (κ2) is 6.69. The van der Waals surface area contributed by atoms with Crippen molar-refractivity contribution in [3.8, 4) is 18.2 Å². The first-order valence-electron chi connectivity index (χ1n) is 9.23. The number of benzene rings is 1. The van der Waals surface area contributed by atoms with Crippen molar-refractivity contribution in [3.05, 3.63) is 35.9 Å². The summed E-state index contributed by atoms with van der Waals surface area (Å²) in [5, 5.41) is 38.8. The van der Waals surface area contributed by atoms with Crippen LogP contribution in [-0.4, -0.2) is 17.8 Å². The van der Waals surface area contributed by atoms with Crippen molar-refractivity contribution in [2.75, 3.05) is 0 Å². The molecule has 2 fully saturated rings. The summed E-state index contributed by atoms with van der Waals surface area (Å²) in [5.74, 6) is -2.01. The standard InChI is InChI=1S/C21H22N4O2/c1-3-10-21-16(4-2)20(14-24,18(25)27-21)19(12-22,13-23)17(26-21)11-15-8-6-5-7-9-15/h5-9,16-17,25H,3-4,10-11H2,1-2H3. The van der Waals surface area contributed by atoms with Gasteiger partial charge in [-0.2, -0.15) is 15.8 Å². The van der Waals surface area contributed by atoms with E-state index in [0.717, 1.165) is 12.0 Å². The second-order valence-electron chi connectivity index (χ2n) is 7.20. The Balaban J connectivity index is 2.22. The first-order chi connectivity index (χ1) is 13.0. The van der Waals surface area contributed by atoms with E-state index in [1.807, 2.05) is 44.2 Å². The molecule has 6 nitrogen and oxygen atoms in total. The summed E-state index contributed by atoms with van der Waals surface area (Å²) in [7, 11) is 0. The van der Waals surface area contributed by atoms with E-state index < -0.39 is 28.6 Å². The average molecular weight is 362 g/mol. The molecule has 6 heteroatoms. The van der Waals surface area contributed by atoms with Crippen LogP contribution in [0.15, 0.2) is 30.3 Å². The van der Waals surface area contributed by atoms with Gasteiger partial charge in [0.1, 0.15) is 6.10 Å². The van der Waals surface area contributed by atoms with Crippen LogP contribution in [0.25, 0.3) is 0 Å². The van der Waals surface area contributed by atoms with Crippen molar-refractivity contribution < 1.29 is 9.47 Å². The number of rotatable bonds is 5. The molecule has 0 spiro atoms. The predicted octanol–water partition coefficient (Wildman–Crippen LogP) is 3.70. The highest BCUT2D eigenvalue weighted by molar-refractivity contribution is 5.89. The van der Waals surface area contributed by atoms with Crippen LogP contribution in [0.3, 0.4) is 0 Å². The van der Waals surface area contributed by atoms with Crippen molar-refractivity contribution in [1.29, 1.82) is 21.2 Å². The Kier molecular flexibility index (Phi) is 4.68. The Hall–Kier alpha value is -2.88. The van der Waals surface area contributed by atoms with Gasteiger partial charge < -0.3 is 9.47 Å². The lowest BCUT2D eigenvalue weighted by Gasteiger charge is -2.49. The zero-order chi connectivity index (χ0) is 19.7. The summed E-state index contributed by atoms with van der Waals surface area (Å²) in [6.45, 7) is 3.86. The number of hydrogen-bond donors (Lipinski definition) is 1. The first-order valence-corrected chi connectivity index (χ1v) is 9.23. The van der Waals surface area contributed by atoms with Gasteiger partial charge in [0, 0.05) is 12.8 Å². The molecule has 1 aromatic carbocycles. The van der Waals surface area contributed by atoms with Crippen LogP contribution in [0, 0.1) is 56.2 Å². The predicted molar refractivity (Wildman–Crippen MR) is 97.0 cm³/mol. The third kappa shape index (κ3) is 2.29. The van der Waals surface area contributed by atoms with Crippen LogP contribution < -0.4 is 0 Å².